The number of benzene rings is 1. The molecule has 2 aromatic rings. The summed E-state index contributed by atoms with van der Waals surface area (Å²) in [4.78, 5) is 12.2. The van der Waals surface area contributed by atoms with Gasteiger partial charge in [-0.3, -0.25) is 4.79 Å². The molecule has 0 aliphatic heterocycles. The van der Waals surface area contributed by atoms with Crippen molar-refractivity contribution in [1.29, 1.82) is 0 Å². The van der Waals surface area contributed by atoms with Gasteiger partial charge in [0.05, 0.1) is 5.56 Å². The van der Waals surface area contributed by atoms with Crippen molar-refractivity contribution in [2.45, 2.75) is 19.6 Å². The van der Waals surface area contributed by atoms with Crippen LogP contribution in [-0.4, -0.2) is 25.6 Å². The second kappa shape index (κ2) is 5.18. The predicted molar refractivity (Wildman–Crippen MR) is 86.5 cm³/mol. The van der Waals surface area contributed by atoms with Crippen molar-refractivity contribution in [3.8, 4) is 11.5 Å². The molecule has 3 nitrogen and oxygen atoms in total. The molecule has 1 heterocycles. The minimum atomic E-state index is -1.49. The van der Waals surface area contributed by atoms with Crippen molar-refractivity contribution < 1.29 is 4.79 Å². The highest BCUT2D eigenvalue weighted by Crippen LogP contribution is 2.24. The van der Waals surface area contributed by atoms with Crippen LogP contribution in [0.2, 0.25) is 19.6 Å². The van der Waals surface area contributed by atoms with E-state index in [4.69, 9.17) is 0 Å². The van der Waals surface area contributed by atoms with E-state index in [0.29, 0.717) is 5.56 Å². The second-order valence-electron chi connectivity index (χ2n) is 5.88. The highest BCUT2D eigenvalue weighted by molar-refractivity contribution is 6.83. The van der Waals surface area contributed by atoms with Gasteiger partial charge in [0.25, 0.3) is 5.91 Å². The van der Waals surface area contributed by atoms with Crippen LogP contribution in [0.5, 0.6) is 0 Å². The van der Waals surface area contributed by atoms with Gasteiger partial charge in [-0.25, -0.2) is 0 Å². The number of fused-ring (bicyclic) bond motifs is 1. The number of hydrogen-bond acceptors (Lipinski definition) is 1. The second-order valence-corrected chi connectivity index (χ2v) is 10.6. The molecule has 2 rings (SSSR count). The fourth-order valence-corrected chi connectivity index (χ4v) is 2.63. The van der Waals surface area contributed by atoms with E-state index in [2.05, 4.69) is 36.4 Å². The maximum absolute atomic E-state index is 12.2. The van der Waals surface area contributed by atoms with Gasteiger partial charge in [0.2, 0.25) is 0 Å². The lowest BCUT2D eigenvalue weighted by Gasteiger charge is -2.05. The molecule has 1 aromatic heterocycles. The highest BCUT2D eigenvalue weighted by Gasteiger charge is 2.19. The van der Waals surface area contributed by atoms with E-state index in [1.54, 1.807) is 7.05 Å². The maximum Gasteiger partial charge on any atom is 0.254 e. The van der Waals surface area contributed by atoms with Gasteiger partial charge < -0.3 is 9.88 Å². The number of aryl methyl sites for hydroxylation is 1. The molecule has 0 radical (unpaired) electrons. The Hall–Kier alpha value is -1.99. The maximum atomic E-state index is 12.2. The molecule has 0 aliphatic carbocycles. The van der Waals surface area contributed by atoms with E-state index in [1.807, 2.05) is 35.9 Å². The van der Waals surface area contributed by atoms with Crippen molar-refractivity contribution in [3.63, 3.8) is 0 Å². The lowest BCUT2D eigenvalue weighted by molar-refractivity contribution is 0.0964. The summed E-state index contributed by atoms with van der Waals surface area (Å²) in [7, 11) is 2.13. The Kier molecular flexibility index (Phi) is 3.73. The molecule has 0 aliphatic rings. The number of nitrogens with zero attached hydrogens (tertiary/aromatic N) is 1. The first kappa shape index (κ1) is 14.4. The van der Waals surface area contributed by atoms with E-state index in [0.717, 1.165) is 16.6 Å². The Morgan fingerprint density at radius 3 is 2.50 bits per heavy atom. The Balaban J connectivity index is 2.77. The molecule has 0 bridgehead atoms. The average molecular weight is 284 g/mol. The summed E-state index contributed by atoms with van der Waals surface area (Å²) >= 11 is 0. The molecule has 0 unspecified atom stereocenters. The first-order valence-electron chi connectivity index (χ1n) is 6.68. The molecule has 1 aromatic carbocycles. The fourth-order valence-electron chi connectivity index (χ4n) is 2.14. The van der Waals surface area contributed by atoms with Crippen molar-refractivity contribution in [2.75, 3.05) is 7.05 Å². The number of carbonyl (C=O) groups is 1. The van der Waals surface area contributed by atoms with Crippen molar-refractivity contribution in [1.82, 2.24) is 9.88 Å². The van der Waals surface area contributed by atoms with Crippen LogP contribution in [0.1, 0.15) is 16.1 Å². The highest BCUT2D eigenvalue weighted by atomic mass is 28.3. The Morgan fingerprint density at radius 1 is 1.25 bits per heavy atom. The van der Waals surface area contributed by atoms with Crippen molar-refractivity contribution in [2.24, 2.45) is 7.05 Å². The lowest BCUT2D eigenvalue weighted by atomic mass is 10.1. The summed E-state index contributed by atoms with van der Waals surface area (Å²) < 4.78 is 2.01. The first-order valence-corrected chi connectivity index (χ1v) is 10.2. The summed E-state index contributed by atoms with van der Waals surface area (Å²) in [5, 5.41) is 3.67. The van der Waals surface area contributed by atoms with E-state index < -0.39 is 8.07 Å². The van der Waals surface area contributed by atoms with Crippen LogP contribution in [-0.2, 0) is 7.05 Å². The molecule has 0 saturated heterocycles. The van der Waals surface area contributed by atoms with Gasteiger partial charge in [-0.2, -0.15) is 0 Å². The lowest BCUT2D eigenvalue weighted by Crippen LogP contribution is -2.20. The number of nitrogens with one attached hydrogen (secondary N) is 1. The molecular formula is C16H20N2OSi. The predicted octanol–water partition coefficient (Wildman–Crippen LogP) is 2.77. The van der Waals surface area contributed by atoms with Crippen LogP contribution in [0, 0.1) is 11.5 Å². The minimum Gasteiger partial charge on any atom is -0.355 e. The summed E-state index contributed by atoms with van der Waals surface area (Å²) in [6.45, 7) is 6.59. The summed E-state index contributed by atoms with van der Waals surface area (Å²) in [6.07, 6.45) is 0. The van der Waals surface area contributed by atoms with E-state index in [-0.39, 0.29) is 5.91 Å². The van der Waals surface area contributed by atoms with Crippen LogP contribution >= 0.6 is 0 Å². The van der Waals surface area contributed by atoms with Gasteiger partial charge in [-0.1, -0.05) is 43.8 Å². The molecule has 0 saturated carbocycles. The summed E-state index contributed by atoms with van der Waals surface area (Å²) in [5.41, 5.74) is 5.86. The molecule has 1 N–H and O–H groups in total. The molecular weight excluding hydrogens is 264 g/mol. The first-order chi connectivity index (χ1) is 9.35. The van der Waals surface area contributed by atoms with Gasteiger partial charge in [0.1, 0.15) is 13.8 Å². The van der Waals surface area contributed by atoms with Crippen molar-refractivity contribution in [3.05, 3.63) is 35.5 Å². The molecule has 0 spiro atoms. The van der Waals surface area contributed by atoms with Crippen LogP contribution in [0.3, 0.4) is 0 Å². The third-order valence-electron chi connectivity index (χ3n) is 3.12. The topological polar surface area (TPSA) is 34.0 Å². The normalized spacial score (nSPS) is 11.1. The fraction of sp³-hybridized carbons (Fsp3) is 0.312. The molecule has 20 heavy (non-hydrogen) atoms. The number of hydrogen-bond donors (Lipinski definition) is 1. The van der Waals surface area contributed by atoms with Gasteiger partial charge in [-0.15, -0.1) is 5.54 Å². The van der Waals surface area contributed by atoms with Gasteiger partial charge >= 0.3 is 0 Å². The van der Waals surface area contributed by atoms with Gasteiger partial charge in [0, 0.05) is 25.0 Å². The number of aromatic nitrogens is 1. The third kappa shape index (κ3) is 2.63. The van der Waals surface area contributed by atoms with Crippen LogP contribution in [0.4, 0.5) is 0 Å². The van der Waals surface area contributed by atoms with E-state index in [9.17, 15) is 4.79 Å². The standard InChI is InChI=1S/C16H20N2OSi/c1-17-16(19)15-12-8-6-7-9-13(12)18(2)14(15)10-11-20(3,4)5/h6-9H,1-5H3,(H,17,19). The largest absolute Gasteiger partial charge is 0.355 e. The van der Waals surface area contributed by atoms with Crippen LogP contribution in [0.25, 0.3) is 10.9 Å². The molecule has 104 valence electrons. The van der Waals surface area contributed by atoms with Crippen LogP contribution in [0.15, 0.2) is 24.3 Å². The van der Waals surface area contributed by atoms with E-state index in [1.165, 1.54) is 0 Å². The summed E-state index contributed by atoms with van der Waals surface area (Å²) in [6, 6.07) is 7.91. The monoisotopic (exact) mass is 284 g/mol. The zero-order valence-corrected chi connectivity index (χ0v) is 13.7. The number of rotatable bonds is 1. The van der Waals surface area contributed by atoms with Gasteiger partial charge in [-0.05, 0) is 6.07 Å². The quantitative estimate of drug-likeness (QED) is 0.634. The number of amides is 1. The minimum absolute atomic E-state index is 0.0818. The average Bonchev–Trinajstić information content (AvgIpc) is 2.68. The number of carbonyl (C=O) groups excluding carboxylic acids is 1. The molecule has 1 amide bonds. The smallest absolute Gasteiger partial charge is 0.254 e. The van der Waals surface area contributed by atoms with Crippen LogP contribution < -0.4 is 5.32 Å². The van der Waals surface area contributed by atoms with Crippen molar-refractivity contribution >= 4 is 24.9 Å². The number of para-hydroxylation sites is 1. The third-order valence-corrected chi connectivity index (χ3v) is 3.99. The molecule has 0 atom stereocenters. The molecule has 4 heteroatoms. The zero-order valence-electron chi connectivity index (χ0n) is 12.7. The van der Waals surface area contributed by atoms with Gasteiger partial charge in [0.15, 0.2) is 0 Å². The van der Waals surface area contributed by atoms with E-state index >= 15 is 0 Å². The zero-order chi connectivity index (χ0) is 14.9. The Labute approximate surface area is 121 Å². The SMILES string of the molecule is CNC(=O)c1c(C#C[Si](C)(C)C)n(C)c2ccccc12. The Morgan fingerprint density at radius 2 is 1.90 bits per heavy atom. The molecule has 0 fully saturated rings. The summed E-state index contributed by atoms with van der Waals surface area (Å²) in [5.74, 6) is 3.16. The Bertz CT molecular complexity index is 726.